The van der Waals surface area contributed by atoms with Crippen molar-refractivity contribution in [1.29, 1.82) is 0 Å². The van der Waals surface area contributed by atoms with Gasteiger partial charge in [0.25, 0.3) is 0 Å². The minimum absolute atomic E-state index is 0.570. The number of nitrogens with one attached hydrogen (secondary N) is 1. The molecule has 0 fully saturated rings. The molecule has 0 saturated heterocycles. The van der Waals surface area contributed by atoms with E-state index in [4.69, 9.17) is 0 Å². The summed E-state index contributed by atoms with van der Waals surface area (Å²) in [5.41, 5.74) is 5.37. The highest BCUT2D eigenvalue weighted by Crippen LogP contribution is 2.28. The van der Waals surface area contributed by atoms with Crippen LogP contribution in [-0.2, 0) is 0 Å². The molecule has 3 aromatic rings. The van der Waals surface area contributed by atoms with Crippen LogP contribution in [0.4, 0.5) is 0 Å². The Hall–Kier alpha value is -2.06. The fourth-order valence-corrected chi connectivity index (χ4v) is 2.49. The Morgan fingerprint density at radius 3 is 2.74 bits per heavy atom. The first-order valence-electron chi connectivity index (χ1n) is 6.48. The Morgan fingerprint density at radius 1 is 1.05 bits per heavy atom. The van der Waals surface area contributed by atoms with Gasteiger partial charge in [-0.05, 0) is 59.7 Å². The second-order valence-electron chi connectivity index (χ2n) is 5.02. The molecule has 0 aliphatic rings. The Kier molecular flexibility index (Phi) is 2.88. The van der Waals surface area contributed by atoms with Crippen molar-refractivity contribution in [3.05, 3.63) is 70.9 Å². The van der Waals surface area contributed by atoms with E-state index in [9.17, 15) is 5.11 Å². The van der Waals surface area contributed by atoms with Crippen molar-refractivity contribution in [3.63, 3.8) is 0 Å². The first-order valence-corrected chi connectivity index (χ1v) is 6.48. The molecule has 0 radical (unpaired) electrons. The summed E-state index contributed by atoms with van der Waals surface area (Å²) in [6, 6.07) is 14.1. The lowest BCUT2D eigenvalue weighted by Gasteiger charge is -2.15. The Morgan fingerprint density at radius 2 is 1.89 bits per heavy atom. The number of rotatable bonds is 2. The summed E-state index contributed by atoms with van der Waals surface area (Å²) in [4.78, 5) is 3.16. The van der Waals surface area contributed by atoms with Crippen LogP contribution in [-0.4, -0.2) is 10.1 Å². The van der Waals surface area contributed by atoms with E-state index >= 15 is 0 Å². The average Bonchev–Trinajstić information content (AvgIpc) is 2.88. The predicted molar refractivity (Wildman–Crippen MR) is 78.3 cm³/mol. The van der Waals surface area contributed by atoms with Gasteiger partial charge in [0.2, 0.25) is 0 Å². The maximum atomic E-state index is 10.6. The summed E-state index contributed by atoms with van der Waals surface area (Å²) in [5.74, 6) is 0. The van der Waals surface area contributed by atoms with Crippen molar-refractivity contribution >= 4 is 10.9 Å². The highest BCUT2D eigenvalue weighted by molar-refractivity contribution is 5.80. The average molecular weight is 251 g/mol. The fourth-order valence-electron chi connectivity index (χ4n) is 2.49. The Bertz CT molecular complexity index is 727. The molecule has 96 valence electrons. The maximum absolute atomic E-state index is 10.6. The van der Waals surface area contributed by atoms with Crippen LogP contribution in [0.25, 0.3) is 10.9 Å². The molecular formula is C17H17NO. The van der Waals surface area contributed by atoms with E-state index < -0.39 is 6.10 Å². The summed E-state index contributed by atoms with van der Waals surface area (Å²) in [6.07, 6.45) is 1.35. The molecule has 2 aromatic carbocycles. The van der Waals surface area contributed by atoms with Gasteiger partial charge in [-0.15, -0.1) is 0 Å². The van der Waals surface area contributed by atoms with E-state index in [0.29, 0.717) is 0 Å². The van der Waals surface area contributed by atoms with E-state index in [-0.39, 0.29) is 0 Å². The number of aryl methyl sites for hydroxylation is 1. The van der Waals surface area contributed by atoms with Crippen LogP contribution < -0.4 is 0 Å². The van der Waals surface area contributed by atoms with Crippen molar-refractivity contribution in [2.75, 3.05) is 0 Å². The SMILES string of the molecule is Cc1cccc(C(O)c2ccc3[nH]ccc3c2)c1C. The normalized spacial score (nSPS) is 12.8. The van der Waals surface area contributed by atoms with Gasteiger partial charge in [-0.25, -0.2) is 0 Å². The van der Waals surface area contributed by atoms with Crippen LogP contribution in [0, 0.1) is 13.8 Å². The van der Waals surface area contributed by atoms with Crippen LogP contribution in [0.1, 0.15) is 28.4 Å². The molecule has 0 aliphatic heterocycles. The van der Waals surface area contributed by atoms with Crippen LogP contribution in [0.2, 0.25) is 0 Å². The van der Waals surface area contributed by atoms with Crippen molar-refractivity contribution in [1.82, 2.24) is 4.98 Å². The third-order valence-electron chi connectivity index (χ3n) is 3.83. The highest BCUT2D eigenvalue weighted by atomic mass is 16.3. The Balaban J connectivity index is 2.07. The van der Waals surface area contributed by atoms with Gasteiger partial charge >= 0.3 is 0 Å². The third-order valence-corrected chi connectivity index (χ3v) is 3.83. The summed E-state index contributed by atoms with van der Waals surface area (Å²) in [5, 5.41) is 11.7. The van der Waals surface area contributed by atoms with Gasteiger partial charge < -0.3 is 10.1 Å². The standard InChI is InChI=1S/C17H17NO/c1-11-4-3-5-15(12(11)2)17(19)14-6-7-16-13(10-14)8-9-18-16/h3-10,17-19H,1-2H3. The third kappa shape index (κ3) is 2.04. The summed E-state index contributed by atoms with van der Waals surface area (Å²) in [7, 11) is 0. The molecule has 19 heavy (non-hydrogen) atoms. The minimum atomic E-state index is -0.570. The molecule has 1 aromatic heterocycles. The van der Waals surface area contributed by atoms with Crippen LogP contribution in [0.5, 0.6) is 0 Å². The van der Waals surface area contributed by atoms with Crippen LogP contribution in [0.3, 0.4) is 0 Å². The lowest BCUT2D eigenvalue weighted by Crippen LogP contribution is -2.02. The van der Waals surface area contributed by atoms with E-state index in [1.54, 1.807) is 0 Å². The largest absolute Gasteiger partial charge is 0.384 e. The number of benzene rings is 2. The number of hydrogen-bond donors (Lipinski definition) is 2. The molecular weight excluding hydrogens is 234 g/mol. The first-order chi connectivity index (χ1) is 9.16. The molecule has 2 heteroatoms. The number of aromatic nitrogens is 1. The number of aliphatic hydroxyl groups excluding tert-OH is 1. The molecule has 2 N–H and O–H groups in total. The summed E-state index contributed by atoms with van der Waals surface area (Å²) < 4.78 is 0. The van der Waals surface area contributed by atoms with Gasteiger partial charge in [0.05, 0.1) is 0 Å². The molecule has 1 heterocycles. The maximum Gasteiger partial charge on any atom is 0.104 e. The van der Waals surface area contributed by atoms with E-state index in [1.165, 1.54) is 5.56 Å². The van der Waals surface area contributed by atoms with Gasteiger partial charge in [0.1, 0.15) is 6.10 Å². The number of aliphatic hydroxyl groups is 1. The minimum Gasteiger partial charge on any atom is -0.384 e. The van der Waals surface area contributed by atoms with Crippen LogP contribution in [0.15, 0.2) is 48.7 Å². The number of hydrogen-bond acceptors (Lipinski definition) is 1. The zero-order valence-electron chi connectivity index (χ0n) is 11.1. The predicted octanol–water partition coefficient (Wildman–Crippen LogP) is 3.87. The second kappa shape index (κ2) is 4.56. The number of H-pyrrole nitrogens is 1. The van der Waals surface area contributed by atoms with E-state index in [0.717, 1.165) is 27.6 Å². The Labute approximate surface area is 112 Å². The summed E-state index contributed by atoms with van der Waals surface area (Å²) in [6.45, 7) is 4.13. The smallest absolute Gasteiger partial charge is 0.104 e. The topological polar surface area (TPSA) is 36.0 Å². The van der Waals surface area contributed by atoms with Gasteiger partial charge in [-0.2, -0.15) is 0 Å². The lowest BCUT2D eigenvalue weighted by atomic mass is 9.94. The van der Waals surface area contributed by atoms with Gasteiger partial charge in [0, 0.05) is 11.7 Å². The zero-order chi connectivity index (χ0) is 13.4. The van der Waals surface area contributed by atoms with Crippen molar-refractivity contribution in [2.45, 2.75) is 20.0 Å². The van der Waals surface area contributed by atoms with Crippen molar-refractivity contribution in [3.8, 4) is 0 Å². The van der Waals surface area contributed by atoms with Gasteiger partial charge in [0.15, 0.2) is 0 Å². The van der Waals surface area contributed by atoms with E-state index in [1.807, 2.05) is 42.6 Å². The molecule has 1 atom stereocenters. The zero-order valence-corrected chi connectivity index (χ0v) is 11.1. The van der Waals surface area contributed by atoms with Crippen molar-refractivity contribution in [2.24, 2.45) is 0 Å². The molecule has 0 amide bonds. The monoisotopic (exact) mass is 251 g/mol. The number of aromatic amines is 1. The molecule has 2 nitrogen and oxygen atoms in total. The quantitative estimate of drug-likeness (QED) is 0.712. The molecule has 0 saturated carbocycles. The first kappa shape index (κ1) is 12.0. The second-order valence-corrected chi connectivity index (χ2v) is 5.02. The molecule has 0 bridgehead atoms. The molecule has 1 unspecified atom stereocenters. The van der Waals surface area contributed by atoms with Crippen molar-refractivity contribution < 1.29 is 5.11 Å². The lowest BCUT2D eigenvalue weighted by molar-refractivity contribution is 0.219. The van der Waals surface area contributed by atoms with E-state index in [2.05, 4.69) is 24.9 Å². The van der Waals surface area contributed by atoms with Gasteiger partial charge in [-0.1, -0.05) is 24.3 Å². The fraction of sp³-hybridized carbons (Fsp3) is 0.176. The molecule has 0 spiro atoms. The van der Waals surface area contributed by atoms with Crippen LogP contribution >= 0.6 is 0 Å². The number of fused-ring (bicyclic) bond motifs is 1. The summed E-state index contributed by atoms with van der Waals surface area (Å²) >= 11 is 0. The molecule has 0 aliphatic carbocycles. The highest BCUT2D eigenvalue weighted by Gasteiger charge is 2.14. The van der Waals surface area contributed by atoms with Gasteiger partial charge in [-0.3, -0.25) is 0 Å². The molecule has 3 rings (SSSR count).